The van der Waals surface area contributed by atoms with E-state index in [9.17, 15) is 0 Å². The Balaban J connectivity index is 2.55. The van der Waals surface area contributed by atoms with E-state index in [-0.39, 0.29) is 20.9 Å². The zero-order valence-corrected chi connectivity index (χ0v) is 8.83. The molecule has 1 aromatic rings. The van der Waals surface area contributed by atoms with Crippen molar-refractivity contribution in [1.29, 1.82) is 0 Å². The molecular formula is C10H10Te. The van der Waals surface area contributed by atoms with Crippen LogP contribution in [0.4, 0.5) is 0 Å². The van der Waals surface area contributed by atoms with Crippen molar-refractivity contribution in [2.45, 2.75) is 11.4 Å². The number of benzene rings is 1. The maximum atomic E-state index is 2.29. The molecular weight excluding hydrogens is 248 g/mol. The van der Waals surface area contributed by atoms with Crippen LogP contribution in [0.25, 0.3) is 3.62 Å². The minimum absolute atomic E-state index is 0.140. The third kappa shape index (κ3) is 1.24. The topological polar surface area (TPSA) is 0 Å². The van der Waals surface area contributed by atoms with Gasteiger partial charge in [0.05, 0.1) is 0 Å². The quantitative estimate of drug-likeness (QED) is 0.626. The Bertz CT molecular complexity index is 299. The van der Waals surface area contributed by atoms with E-state index < -0.39 is 0 Å². The molecule has 0 spiro atoms. The Hall–Kier alpha value is -0.250. The maximum absolute atomic E-state index is 2.29. The summed E-state index contributed by atoms with van der Waals surface area (Å²) in [5.41, 5.74) is 3.10. The van der Waals surface area contributed by atoms with Crippen molar-refractivity contribution >= 4 is 24.5 Å². The molecule has 0 N–H and O–H groups in total. The summed E-state index contributed by atoms with van der Waals surface area (Å²) in [6, 6.07) is 8.80. The van der Waals surface area contributed by atoms with Gasteiger partial charge < -0.3 is 0 Å². The van der Waals surface area contributed by atoms with E-state index in [0.717, 1.165) is 0 Å². The molecule has 0 bridgehead atoms. The molecule has 0 saturated carbocycles. The number of hydrogen-bond acceptors (Lipinski definition) is 0. The van der Waals surface area contributed by atoms with Gasteiger partial charge in [-0.2, -0.15) is 0 Å². The Labute approximate surface area is 77.4 Å². The van der Waals surface area contributed by atoms with Crippen LogP contribution in [-0.2, 0) is 4.47 Å². The van der Waals surface area contributed by atoms with E-state index >= 15 is 0 Å². The molecule has 11 heavy (non-hydrogen) atoms. The summed E-state index contributed by atoms with van der Waals surface area (Å²) >= 11 is 0.140. The fraction of sp³-hybridized carbons (Fsp3) is 0.200. The normalized spacial score (nSPS) is 18.8. The van der Waals surface area contributed by atoms with Crippen LogP contribution in [0.3, 0.4) is 0 Å². The van der Waals surface area contributed by atoms with Crippen molar-refractivity contribution in [1.82, 2.24) is 0 Å². The molecule has 1 aromatic carbocycles. The summed E-state index contributed by atoms with van der Waals surface area (Å²) in [6.45, 7) is 2.15. The van der Waals surface area contributed by atoms with E-state index in [0.29, 0.717) is 0 Å². The summed E-state index contributed by atoms with van der Waals surface area (Å²) in [4.78, 5) is 0. The average molecular weight is 258 g/mol. The summed E-state index contributed by atoms with van der Waals surface area (Å²) in [6.07, 6.45) is 2.29. The molecule has 0 amide bonds. The van der Waals surface area contributed by atoms with Crippen LogP contribution in [0.2, 0.25) is 0 Å². The van der Waals surface area contributed by atoms with Gasteiger partial charge in [0.2, 0.25) is 0 Å². The second-order valence-electron chi connectivity index (χ2n) is 2.60. The number of allylic oxidation sites excluding steroid dienone is 1. The van der Waals surface area contributed by atoms with E-state index in [2.05, 4.69) is 37.3 Å². The molecule has 0 atom stereocenters. The molecule has 1 heterocycles. The van der Waals surface area contributed by atoms with E-state index in [1.165, 1.54) is 10.0 Å². The van der Waals surface area contributed by atoms with Gasteiger partial charge in [0, 0.05) is 0 Å². The summed E-state index contributed by atoms with van der Waals surface area (Å²) in [7, 11) is 0. The van der Waals surface area contributed by atoms with Crippen molar-refractivity contribution < 1.29 is 0 Å². The van der Waals surface area contributed by atoms with Crippen LogP contribution in [0.5, 0.6) is 0 Å². The predicted molar refractivity (Wildman–Crippen MR) is 49.6 cm³/mol. The number of fused-ring (bicyclic) bond motifs is 1. The third-order valence-corrected chi connectivity index (χ3v) is 5.42. The molecule has 1 aliphatic rings. The fourth-order valence-electron chi connectivity index (χ4n) is 1.36. The van der Waals surface area contributed by atoms with Gasteiger partial charge in [-0.25, -0.2) is 0 Å². The molecule has 0 radical (unpaired) electrons. The van der Waals surface area contributed by atoms with Crippen LogP contribution in [0.1, 0.15) is 18.1 Å². The molecule has 0 aromatic heterocycles. The Morgan fingerprint density at radius 2 is 2.18 bits per heavy atom. The Morgan fingerprint density at radius 3 is 3.00 bits per heavy atom. The van der Waals surface area contributed by atoms with Crippen molar-refractivity contribution in [3.8, 4) is 0 Å². The summed E-state index contributed by atoms with van der Waals surface area (Å²) in [5, 5.41) is 0. The Kier molecular flexibility index (Phi) is 2.02. The van der Waals surface area contributed by atoms with Crippen LogP contribution in [0, 0.1) is 0 Å². The molecule has 0 fully saturated rings. The zero-order chi connectivity index (χ0) is 7.68. The van der Waals surface area contributed by atoms with Crippen LogP contribution >= 0.6 is 0 Å². The standard InChI is InChI=1S/C10H10Te/c1-2-10-9-6-4-3-5-8(9)7-11-10/h2-6H,7H2,1H3/b10-2-. The van der Waals surface area contributed by atoms with Crippen molar-refractivity contribution in [3.05, 3.63) is 41.5 Å². The molecule has 2 rings (SSSR count). The van der Waals surface area contributed by atoms with Crippen LogP contribution in [-0.4, -0.2) is 20.9 Å². The van der Waals surface area contributed by atoms with Crippen molar-refractivity contribution in [3.63, 3.8) is 0 Å². The first kappa shape index (κ1) is 7.40. The minimum atomic E-state index is 0.140. The van der Waals surface area contributed by atoms with Gasteiger partial charge in [0.25, 0.3) is 0 Å². The van der Waals surface area contributed by atoms with E-state index in [1.54, 1.807) is 9.18 Å². The first-order valence-corrected chi connectivity index (χ1v) is 6.60. The monoisotopic (exact) mass is 260 g/mol. The number of hydrogen-bond donors (Lipinski definition) is 0. The van der Waals surface area contributed by atoms with E-state index in [1.807, 2.05) is 0 Å². The molecule has 0 nitrogen and oxygen atoms in total. The molecule has 0 aliphatic carbocycles. The molecule has 0 unspecified atom stereocenters. The van der Waals surface area contributed by atoms with Crippen molar-refractivity contribution in [2.24, 2.45) is 0 Å². The van der Waals surface area contributed by atoms with Gasteiger partial charge in [-0.3, -0.25) is 0 Å². The van der Waals surface area contributed by atoms with Gasteiger partial charge in [0.1, 0.15) is 0 Å². The average Bonchev–Trinajstić information content (AvgIpc) is 2.47. The second kappa shape index (κ2) is 3.01. The van der Waals surface area contributed by atoms with Gasteiger partial charge in [-0.1, -0.05) is 0 Å². The molecule has 1 heteroatoms. The van der Waals surface area contributed by atoms with Gasteiger partial charge in [-0.15, -0.1) is 0 Å². The molecule has 1 aliphatic heterocycles. The first-order chi connectivity index (χ1) is 5.42. The SMILES string of the molecule is C/C=C1\[Te]Cc2ccccc21. The zero-order valence-electron chi connectivity index (χ0n) is 6.50. The Morgan fingerprint density at radius 1 is 1.36 bits per heavy atom. The predicted octanol–water partition coefficient (Wildman–Crippen LogP) is 2.27. The molecule has 0 saturated heterocycles. The fourth-order valence-corrected chi connectivity index (χ4v) is 4.45. The van der Waals surface area contributed by atoms with Gasteiger partial charge >= 0.3 is 77.4 Å². The van der Waals surface area contributed by atoms with Gasteiger partial charge in [0.15, 0.2) is 0 Å². The van der Waals surface area contributed by atoms with Gasteiger partial charge in [-0.05, 0) is 0 Å². The van der Waals surface area contributed by atoms with E-state index in [4.69, 9.17) is 0 Å². The second-order valence-corrected chi connectivity index (χ2v) is 5.50. The summed E-state index contributed by atoms with van der Waals surface area (Å²) in [5.74, 6) is 0. The number of rotatable bonds is 0. The summed E-state index contributed by atoms with van der Waals surface area (Å²) < 4.78 is 3.01. The van der Waals surface area contributed by atoms with Crippen molar-refractivity contribution in [2.75, 3.05) is 0 Å². The first-order valence-electron chi connectivity index (χ1n) is 3.79. The third-order valence-electron chi connectivity index (χ3n) is 1.93. The van der Waals surface area contributed by atoms with Crippen LogP contribution in [0.15, 0.2) is 30.3 Å². The molecule has 56 valence electrons. The van der Waals surface area contributed by atoms with Crippen LogP contribution < -0.4 is 0 Å².